The van der Waals surface area contributed by atoms with Gasteiger partial charge in [-0.3, -0.25) is 0 Å². The topological polar surface area (TPSA) is 27.7 Å². The smallest absolute Gasteiger partial charge is 0.282 e. The fourth-order valence-corrected chi connectivity index (χ4v) is 3.22. The van der Waals surface area contributed by atoms with Crippen LogP contribution in [-0.2, 0) is 14.2 Å². The van der Waals surface area contributed by atoms with Crippen LogP contribution in [-0.4, -0.2) is 59.0 Å². The molecule has 0 fully saturated rings. The van der Waals surface area contributed by atoms with Crippen LogP contribution < -0.4 is 0 Å². The summed E-state index contributed by atoms with van der Waals surface area (Å²) in [7, 11) is 9.60. The highest BCUT2D eigenvalue weighted by atomic mass is 16.9. The van der Waals surface area contributed by atoms with Crippen LogP contribution in [0.2, 0.25) is 0 Å². The maximum atomic E-state index is 5.31. The Hall–Kier alpha value is -0.160. The first-order valence-corrected chi connectivity index (χ1v) is 9.42. The Balaban J connectivity index is 3.47. The van der Waals surface area contributed by atoms with E-state index < -0.39 is 5.97 Å². The van der Waals surface area contributed by atoms with Crippen LogP contribution in [0, 0.1) is 0 Å². The van der Waals surface area contributed by atoms with Crippen molar-refractivity contribution in [2.75, 3.05) is 48.5 Å². The zero-order valence-corrected chi connectivity index (χ0v) is 16.7. The normalized spacial score (nSPS) is 12.8. The Labute approximate surface area is 145 Å². The third kappa shape index (κ3) is 11.1. The van der Waals surface area contributed by atoms with E-state index in [0.717, 1.165) is 12.8 Å². The van der Waals surface area contributed by atoms with Crippen molar-refractivity contribution < 1.29 is 18.7 Å². The molecule has 0 heterocycles. The number of ether oxygens (including phenoxy) is 3. The predicted octanol–water partition coefficient (Wildman–Crippen LogP) is 4.58. The molecule has 0 unspecified atom stereocenters. The number of hydrogen-bond donors (Lipinski definition) is 0. The molecule has 0 aromatic rings. The van der Waals surface area contributed by atoms with Crippen LogP contribution in [0.3, 0.4) is 0 Å². The fourth-order valence-electron chi connectivity index (χ4n) is 3.22. The van der Waals surface area contributed by atoms with Crippen LogP contribution in [0.5, 0.6) is 0 Å². The number of nitrogens with zero attached hydrogens (tertiary/aromatic N) is 1. The van der Waals surface area contributed by atoms with Crippen molar-refractivity contribution in [2.24, 2.45) is 0 Å². The molecule has 0 spiro atoms. The summed E-state index contributed by atoms with van der Waals surface area (Å²) in [6.07, 6.45) is 12.5. The van der Waals surface area contributed by atoms with E-state index in [4.69, 9.17) is 14.2 Å². The number of rotatable bonds is 16. The molecule has 4 heteroatoms. The highest BCUT2D eigenvalue weighted by molar-refractivity contribution is 4.56. The molecule has 0 aromatic heterocycles. The molecule has 0 amide bonds. The quantitative estimate of drug-likeness (QED) is 0.235. The minimum absolute atomic E-state index is 0.793. The largest absolute Gasteiger partial charge is 0.331 e. The van der Waals surface area contributed by atoms with Gasteiger partial charge in [0.1, 0.15) is 0 Å². The molecule has 0 saturated heterocycles. The summed E-state index contributed by atoms with van der Waals surface area (Å²) in [5, 5.41) is 0. The minimum atomic E-state index is -0.844. The number of unbranched alkanes of at least 4 members (excludes halogenated alkanes) is 7. The van der Waals surface area contributed by atoms with Crippen LogP contribution in [0.25, 0.3) is 0 Å². The van der Waals surface area contributed by atoms with Crippen molar-refractivity contribution in [1.29, 1.82) is 0 Å². The van der Waals surface area contributed by atoms with E-state index in [0.29, 0.717) is 0 Å². The van der Waals surface area contributed by atoms with Gasteiger partial charge in [-0.1, -0.05) is 39.0 Å². The molecule has 23 heavy (non-hydrogen) atoms. The summed E-state index contributed by atoms with van der Waals surface area (Å²) in [4.78, 5) is 0. The fraction of sp³-hybridized carbons (Fsp3) is 1.00. The van der Waals surface area contributed by atoms with Crippen LogP contribution in [0.15, 0.2) is 0 Å². The molecule has 0 bridgehead atoms. The molecule has 0 atom stereocenters. The van der Waals surface area contributed by atoms with Gasteiger partial charge in [0.25, 0.3) is 5.97 Å². The van der Waals surface area contributed by atoms with E-state index in [2.05, 4.69) is 21.0 Å². The number of hydrogen-bond acceptors (Lipinski definition) is 3. The second kappa shape index (κ2) is 13.2. The maximum Gasteiger partial charge on any atom is 0.282 e. The zero-order chi connectivity index (χ0) is 17.6. The molecule has 0 N–H and O–H groups in total. The van der Waals surface area contributed by atoms with Crippen molar-refractivity contribution in [1.82, 2.24) is 0 Å². The average Bonchev–Trinajstić information content (AvgIpc) is 2.53. The molecule has 0 aromatic carbocycles. The Morgan fingerprint density at radius 2 is 1.09 bits per heavy atom. The Morgan fingerprint density at radius 3 is 1.52 bits per heavy atom. The summed E-state index contributed by atoms with van der Waals surface area (Å²) in [5.74, 6) is -0.844. The minimum Gasteiger partial charge on any atom is -0.331 e. The van der Waals surface area contributed by atoms with Gasteiger partial charge in [-0.15, -0.1) is 0 Å². The van der Waals surface area contributed by atoms with Crippen molar-refractivity contribution >= 4 is 0 Å². The first-order valence-electron chi connectivity index (χ1n) is 9.42. The molecule has 0 aliphatic rings. The van der Waals surface area contributed by atoms with Gasteiger partial charge in [0.2, 0.25) is 0 Å². The van der Waals surface area contributed by atoms with Gasteiger partial charge in [-0.25, -0.2) is 0 Å². The highest BCUT2D eigenvalue weighted by Crippen LogP contribution is 2.21. The third-order valence-electron chi connectivity index (χ3n) is 4.76. The van der Waals surface area contributed by atoms with Crippen molar-refractivity contribution in [3.63, 3.8) is 0 Å². The van der Waals surface area contributed by atoms with E-state index >= 15 is 0 Å². The predicted molar refractivity (Wildman–Crippen MR) is 97.4 cm³/mol. The lowest BCUT2D eigenvalue weighted by molar-refractivity contribution is -0.890. The lowest BCUT2D eigenvalue weighted by Gasteiger charge is -2.29. The van der Waals surface area contributed by atoms with Gasteiger partial charge < -0.3 is 18.7 Å². The first kappa shape index (κ1) is 22.8. The van der Waals surface area contributed by atoms with E-state index in [-0.39, 0.29) is 0 Å². The van der Waals surface area contributed by atoms with E-state index in [9.17, 15) is 0 Å². The van der Waals surface area contributed by atoms with Crippen molar-refractivity contribution in [2.45, 2.75) is 77.1 Å². The Bertz CT molecular complexity index is 257. The third-order valence-corrected chi connectivity index (χ3v) is 4.76. The van der Waals surface area contributed by atoms with E-state index in [1.807, 2.05) is 0 Å². The van der Waals surface area contributed by atoms with Gasteiger partial charge in [-0.2, -0.15) is 0 Å². The van der Waals surface area contributed by atoms with Gasteiger partial charge in [0, 0.05) is 27.8 Å². The maximum absolute atomic E-state index is 5.31. The molecular formula is C19H42NO3+. The molecule has 0 aliphatic heterocycles. The molecule has 0 rings (SSSR count). The molecule has 0 saturated carbocycles. The van der Waals surface area contributed by atoms with E-state index in [1.165, 1.54) is 68.9 Å². The van der Waals surface area contributed by atoms with E-state index in [1.54, 1.807) is 21.3 Å². The lowest BCUT2D eigenvalue weighted by atomic mass is 10.1. The monoisotopic (exact) mass is 332 g/mol. The van der Waals surface area contributed by atoms with Gasteiger partial charge >= 0.3 is 0 Å². The standard InChI is InChI=1S/C19H42NO3/c1-7-17-20(2,3)18-15-13-11-9-8-10-12-14-16-19(21-4,22-5)23-6/h7-18H2,1-6H3/q+1. The lowest BCUT2D eigenvalue weighted by Crippen LogP contribution is -2.40. The summed E-state index contributed by atoms with van der Waals surface area (Å²) < 4.78 is 17.1. The summed E-state index contributed by atoms with van der Waals surface area (Å²) in [6, 6.07) is 0. The van der Waals surface area contributed by atoms with Crippen molar-refractivity contribution in [3.05, 3.63) is 0 Å². The second-order valence-corrected chi connectivity index (χ2v) is 7.26. The summed E-state index contributed by atoms with van der Waals surface area (Å²) in [6.45, 7) is 4.89. The summed E-state index contributed by atoms with van der Waals surface area (Å²) >= 11 is 0. The van der Waals surface area contributed by atoms with Gasteiger partial charge in [-0.05, 0) is 25.7 Å². The molecule has 4 nitrogen and oxygen atoms in total. The molecule has 0 radical (unpaired) electrons. The highest BCUT2D eigenvalue weighted by Gasteiger charge is 2.28. The molecular weight excluding hydrogens is 290 g/mol. The Morgan fingerprint density at radius 1 is 0.652 bits per heavy atom. The van der Waals surface area contributed by atoms with Gasteiger partial charge in [0.05, 0.1) is 27.2 Å². The Kier molecular flexibility index (Phi) is 13.1. The molecule has 0 aliphatic carbocycles. The second-order valence-electron chi connectivity index (χ2n) is 7.26. The summed E-state index contributed by atoms with van der Waals surface area (Å²) in [5.41, 5.74) is 0. The number of quaternary nitrogens is 1. The molecule has 140 valence electrons. The average molecular weight is 333 g/mol. The first-order chi connectivity index (χ1) is 10.9. The SMILES string of the molecule is CCC[N+](C)(C)CCCCCCCCCCC(OC)(OC)OC. The zero-order valence-electron chi connectivity index (χ0n) is 16.7. The van der Waals surface area contributed by atoms with Gasteiger partial charge in [0.15, 0.2) is 0 Å². The van der Waals surface area contributed by atoms with Crippen molar-refractivity contribution in [3.8, 4) is 0 Å². The van der Waals surface area contributed by atoms with Crippen LogP contribution >= 0.6 is 0 Å². The van der Waals surface area contributed by atoms with Crippen LogP contribution in [0.4, 0.5) is 0 Å². The van der Waals surface area contributed by atoms with Crippen LogP contribution in [0.1, 0.15) is 71.1 Å². The number of methoxy groups -OCH3 is 3.